The van der Waals surface area contributed by atoms with Gasteiger partial charge in [-0.3, -0.25) is 0 Å². The Morgan fingerprint density at radius 2 is 2.06 bits per heavy atom. The van der Waals surface area contributed by atoms with Crippen molar-refractivity contribution in [3.05, 3.63) is 23.4 Å². The third-order valence-corrected chi connectivity index (χ3v) is 3.44. The van der Waals surface area contributed by atoms with Gasteiger partial charge in [0.05, 0.1) is 0 Å². The van der Waals surface area contributed by atoms with Gasteiger partial charge in [-0.15, -0.1) is 0 Å². The first-order valence-corrected chi connectivity index (χ1v) is 6.74. The molecule has 0 radical (unpaired) electrons. The van der Waals surface area contributed by atoms with E-state index in [-0.39, 0.29) is 6.04 Å². The fourth-order valence-electron chi connectivity index (χ4n) is 2.19. The van der Waals surface area contributed by atoms with Gasteiger partial charge >= 0.3 is 0 Å². The molecule has 0 aromatic carbocycles. The molecule has 0 aliphatic rings. The van der Waals surface area contributed by atoms with Crippen LogP contribution in [0.4, 0.5) is 5.82 Å². The standard InChI is InChI=1S/C14H26N4/c1-5-18(6-2)8-7-13(16-4)12-9-11(3)10-17-14(12)15/h9-10,13,16H,5-8H2,1-4H3,(H2,15,17). The topological polar surface area (TPSA) is 54.2 Å². The lowest BCUT2D eigenvalue weighted by atomic mass is 10.0. The minimum atomic E-state index is 0.276. The Bertz CT molecular complexity index is 361. The number of hydrogen-bond acceptors (Lipinski definition) is 4. The fraction of sp³-hybridized carbons (Fsp3) is 0.643. The molecule has 4 nitrogen and oxygen atoms in total. The van der Waals surface area contributed by atoms with Crippen molar-refractivity contribution in [1.29, 1.82) is 0 Å². The molecule has 18 heavy (non-hydrogen) atoms. The average Bonchev–Trinajstić information content (AvgIpc) is 2.38. The van der Waals surface area contributed by atoms with Crippen molar-refractivity contribution in [2.75, 3.05) is 32.4 Å². The van der Waals surface area contributed by atoms with Gasteiger partial charge in [-0.25, -0.2) is 4.98 Å². The SMILES string of the molecule is CCN(CC)CCC(NC)c1cc(C)cnc1N. The number of nitrogens with two attached hydrogens (primary N) is 1. The second-order valence-corrected chi connectivity index (χ2v) is 4.64. The van der Waals surface area contributed by atoms with E-state index >= 15 is 0 Å². The molecule has 1 unspecified atom stereocenters. The molecule has 1 atom stereocenters. The summed E-state index contributed by atoms with van der Waals surface area (Å²) in [6.07, 6.45) is 2.86. The maximum Gasteiger partial charge on any atom is 0.128 e. The van der Waals surface area contributed by atoms with Crippen LogP contribution in [0.3, 0.4) is 0 Å². The Morgan fingerprint density at radius 1 is 1.39 bits per heavy atom. The molecule has 102 valence electrons. The van der Waals surface area contributed by atoms with Crippen molar-refractivity contribution in [2.45, 2.75) is 33.2 Å². The van der Waals surface area contributed by atoms with Crippen LogP contribution in [0.25, 0.3) is 0 Å². The van der Waals surface area contributed by atoms with Gasteiger partial charge in [-0.05, 0) is 51.7 Å². The Morgan fingerprint density at radius 3 is 2.61 bits per heavy atom. The molecule has 0 saturated carbocycles. The zero-order valence-corrected chi connectivity index (χ0v) is 12.0. The van der Waals surface area contributed by atoms with E-state index in [1.807, 2.05) is 20.2 Å². The summed E-state index contributed by atoms with van der Waals surface area (Å²) in [5.74, 6) is 0.638. The smallest absolute Gasteiger partial charge is 0.128 e. The van der Waals surface area contributed by atoms with Crippen molar-refractivity contribution in [3.63, 3.8) is 0 Å². The van der Waals surface area contributed by atoms with E-state index in [0.717, 1.165) is 37.2 Å². The molecular weight excluding hydrogens is 224 g/mol. The van der Waals surface area contributed by atoms with Crippen molar-refractivity contribution >= 4 is 5.82 Å². The van der Waals surface area contributed by atoms with Crippen molar-refractivity contribution in [1.82, 2.24) is 15.2 Å². The van der Waals surface area contributed by atoms with E-state index in [1.54, 1.807) is 0 Å². The molecule has 0 saturated heterocycles. The van der Waals surface area contributed by atoms with E-state index in [4.69, 9.17) is 5.73 Å². The van der Waals surface area contributed by atoms with Crippen LogP contribution in [0.2, 0.25) is 0 Å². The Hall–Kier alpha value is -1.13. The minimum Gasteiger partial charge on any atom is -0.383 e. The lowest BCUT2D eigenvalue weighted by Crippen LogP contribution is -2.28. The fourth-order valence-corrected chi connectivity index (χ4v) is 2.19. The number of nitrogens with zero attached hydrogens (tertiary/aromatic N) is 2. The highest BCUT2D eigenvalue weighted by Crippen LogP contribution is 2.22. The van der Waals surface area contributed by atoms with E-state index in [2.05, 4.69) is 35.1 Å². The predicted molar refractivity (Wildman–Crippen MR) is 77.6 cm³/mol. The number of rotatable bonds is 7. The van der Waals surface area contributed by atoms with Crippen LogP contribution in [0.15, 0.2) is 12.3 Å². The molecule has 1 aromatic heterocycles. The van der Waals surface area contributed by atoms with Crippen LogP contribution in [0.1, 0.15) is 37.4 Å². The molecule has 0 amide bonds. The van der Waals surface area contributed by atoms with Gasteiger partial charge in [0.15, 0.2) is 0 Å². The van der Waals surface area contributed by atoms with Gasteiger partial charge in [0, 0.05) is 17.8 Å². The number of pyridine rings is 1. The predicted octanol–water partition coefficient (Wildman–Crippen LogP) is 1.96. The van der Waals surface area contributed by atoms with Gasteiger partial charge in [0.25, 0.3) is 0 Å². The zero-order valence-electron chi connectivity index (χ0n) is 12.0. The molecule has 0 bridgehead atoms. The number of hydrogen-bond donors (Lipinski definition) is 2. The summed E-state index contributed by atoms with van der Waals surface area (Å²) >= 11 is 0. The molecule has 3 N–H and O–H groups in total. The summed E-state index contributed by atoms with van der Waals surface area (Å²) in [6, 6.07) is 2.41. The molecule has 1 rings (SSSR count). The number of nitrogens with one attached hydrogen (secondary N) is 1. The van der Waals surface area contributed by atoms with Crippen molar-refractivity contribution in [2.24, 2.45) is 0 Å². The maximum atomic E-state index is 5.97. The molecular formula is C14H26N4. The van der Waals surface area contributed by atoms with Crippen LogP contribution < -0.4 is 11.1 Å². The van der Waals surface area contributed by atoms with E-state index in [0.29, 0.717) is 5.82 Å². The van der Waals surface area contributed by atoms with Crippen LogP contribution in [0.5, 0.6) is 0 Å². The summed E-state index contributed by atoms with van der Waals surface area (Å²) in [4.78, 5) is 6.66. The Balaban J connectivity index is 2.73. The summed E-state index contributed by atoms with van der Waals surface area (Å²) < 4.78 is 0. The third kappa shape index (κ3) is 3.96. The van der Waals surface area contributed by atoms with Crippen LogP contribution in [0, 0.1) is 6.92 Å². The first-order valence-electron chi connectivity index (χ1n) is 6.74. The lowest BCUT2D eigenvalue weighted by molar-refractivity contribution is 0.284. The average molecular weight is 250 g/mol. The van der Waals surface area contributed by atoms with E-state index < -0.39 is 0 Å². The van der Waals surface area contributed by atoms with Gasteiger partial charge in [0.1, 0.15) is 5.82 Å². The minimum absolute atomic E-state index is 0.276. The number of aryl methyl sites for hydroxylation is 1. The van der Waals surface area contributed by atoms with Gasteiger partial charge < -0.3 is 16.0 Å². The Labute approximate surface area is 111 Å². The molecule has 0 spiro atoms. The number of anilines is 1. The highest BCUT2D eigenvalue weighted by atomic mass is 15.1. The quantitative estimate of drug-likeness (QED) is 0.777. The van der Waals surface area contributed by atoms with Crippen LogP contribution in [-0.2, 0) is 0 Å². The molecule has 0 aliphatic heterocycles. The summed E-state index contributed by atoms with van der Waals surface area (Å²) in [5.41, 5.74) is 8.24. The third-order valence-electron chi connectivity index (χ3n) is 3.44. The molecule has 1 heterocycles. The summed E-state index contributed by atoms with van der Waals surface area (Å²) in [7, 11) is 1.98. The van der Waals surface area contributed by atoms with Crippen molar-refractivity contribution in [3.8, 4) is 0 Å². The molecule has 0 aliphatic carbocycles. The lowest BCUT2D eigenvalue weighted by Gasteiger charge is -2.23. The second-order valence-electron chi connectivity index (χ2n) is 4.64. The first-order chi connectivity index (χ1) is 8.62. The van der Waals surface area contributed by atoms with Crippen molar-refractivity contribution < 1.29 is 0 Å². The second kappa shape index (κ2) is 7.34. The molecule has 4 heteroatoms. The Kier molecular flexibility index (Phi) is 6.09. The van der Waals surface area contributed by atoms with E-state index in [9.17, 15) is 0 Å². The van der Waals surface area contributed by atoms with Gasteiger partial charge in [-0.1, -0.05) is 13.8 Å². The zero-order chi connectivity index (χ0) is 13.5. The highest BCUT2D eigenvalue weighted by Gasteiger charge is 2.14. The highest BCUT2D eigenvalue weighted by molar-refractivity contribution is 5.42. The maximum absolute atomic E-state index is 5.97. The number of aromatic nitrogens is 1. The summed E-state index contributed by atoms with van der Waals surface area (Å²) in [5, 5.41) is 3.34. The monoisotopic (exact) mass is 250 g/mol. The van der Waals surface area contributed by atoms with E-state index in [1.165, 1.54) is 0 Å². The number of nitrogen functional groups attached to an aromatic ring is 1. The largest absolute Gasteiger partial charge is 0.383 e. The molecule has 0 fully saturated rings. The van der Waals surface area contributed by atoms with Gasteiger partial charge in [0.2, 0.25) is 0 Å². The molecule has 1 aromatic rings. The van der Waals surface area contributed by atoms with Gasteiger partial charge in [-0.2, -0.15) is 0 Å². The normalized spacial score (nSPS) is 12.9. The first kappa shape index (κ1) is 14.9. The van der Waals surface area contributed by atoms with Crippen LogP contribution >= 0.6 is 0 Å². The van der Waals surface area contributed by atoms with Crippen LogP contribution in [-0.4, -0.2) is 36.6 Å². The summed E-state index contributed by atoms with van der Waals surface area (Å²) in [6.45, 7) is 9.70.